The maximum Gasteiger partial charge on any atom is 0.0303 e. The minimum atomic E-state index is -3.49. The van der Waals surface area contributed by atoms with Crippen LogP contribution in [0.4, 0.5) is 0 Å². The highest BCUT2D eigenvalue weighted by Gasteiger charge is 2.46. The quantitative estimate of drug-likeness (QED) is 0.571. The molecule has 70 valence electrons. The maximum absolute atomic E-state index is 8.49. The third-order valence-electron chi connectivity index (χ3n) is 1.62. The average Bonchev–Trinajstić information content (AvgIpc) is 2.45. The van der Waals surface area contributed by atoms with E-state index in [2.05, 4.69) is 0 Å². The second kappa shape index (κ2) is 2.49. The van der Waals surface area contributed by atoms with E-state index in [9.17, 15) is 0 Å². The highest BCUT2D eigenvalue weighted by atomic mass is 14.5. The van der Waals surface area contributed by atoms with Gasteiger partial charge in [-0.15, -0.1) is 0 Å². The lowest BCUT2D eigenvalue weighted by molar-refractivity contribution is 0.177. The van der Waals surface area contributed by atoms with Crippen molar-refractivity contribution in [2.75, 3.05) is 0 Å². The molecule has 0 unspecified atom stereocenters. The van der Waals surface area contributed by atoms with Gasteiger partial charge in [0.1, 0.15) is 0 Å². The van der Waals surface area contributed by atoms with Crippen LogP contribution < -0.4 is 0 Å². The summed E-state index contributed by atoms with van der Waals surface area (Å²) in [7, 11) is 0. The molecule has 0 heteroatoms. The molecule has 2 fully saturated rings. The van der Waals surface area contributed by atoms with Crippen molar-refractivity contribution < 1.29 is 17.8 Å². The molecule has 2 saturated carbocycles. The van der Waals surface area contributed by atoms with Crippen LogP contribution in [0.5, 0.6) is 0 Å². The van der Waals surface area contributed by atoms with E-state index in [4.69, 9.17) is 17.8 Å². The monoisotopic (exact) mass is 179 g/mol. The lowest BCUT2D eigenvalue weighted by Gasteiger charge is -2.33. The number of rotatable bonds is 1. The van der Waals surface area contributed by atoms with Gasteiger partial charge in [-0.25, -0.2) is 0 Å². The summed E-state index contributed by atoms with van der Waals surface area (Å²) in [5.41, 5.74) is -4.96. The lowest BCUT2D eigenvalue weighted by atomic mass is 9.72. The Kier molecular flexibility index (Phi) is 0.446. The first-order valence-corrected chi connectivity index (χ1v) is 4.00. The van der Waals surface area contributed by atoms with Gasteiger partial charge < -0.3 is 0 Å². The Morgan fingerprint density at radius 3 is 2.58 bits per heavy atom. The molecule has 2 aliphatic carbocycles. The number of hydrogen-bond acceptors (Lipinski definition) is 0. The van der Waals surface area contributed by atoms with Crippen molar-refractivity contribution in [1.82, 2.24) is 0 Å². The van der Waals surface area contributed by atoms with Gasteiger partial charge in [-0.05, 0) is 55.0 Å². The molecule has 0 amide bonds. The molecule has 0 radical (unpaired) electrons. The number of hydrogen-bond donors (Lipinski definition) is 0. The van der Waals surface area contributed by atoms with E-state index < -0.39 is 55.0 Å². The Bertz CT molecular complexity index is 567. The molecular formula is C12H22. The molecule has 0 spiro atoms. The van der Waals surface area contributed by atoms with Gasteiger partial charge in [0.15, 0.2) is 0 Å². The normalized spacial score (nSPS) is 85.1. The smallest absolute Gasteiger partial charge is 0.0303 e. The summed E-state index contributed by atoms with van der Waals surface area (Å²) < 4.78 is 107. The van der Waals surface area contributed by atoms with Crippen molar-refractivity contribution in [3.8, 4) is 0 Å². The summed E-state index contributed by atoms with van der Waals surface area (Å²) >= 11 is 0. The average molecular weight is 179 g/mol. The van der Waals surface area contributed by atoms with Crippen LogP contribution in [-0.4, -0.2) is 0 Å². The second-order valence-corrected chi connectivity index (χ2v) is 4.12. The van der Waals surface area contributed by atoms with E-state index in [1.165, 1.54) is 20.8 Å². The third kappa shape index (κ3) is 1.53. The Morgan fingerprint density at radius 1 is 1.50 bits per heavy atom. The molecule has 0 N–H and O–H groups in total. The van der Waals surface area contributed by atoms with Gasteiger partial charge in [-0.2, -0.15) is 0 Å². The molecule has 0 aliphatic heterocycles. The number of fused-ring (bicyclic) bond motifs is 2. The fraction of sp³-hybridized carbons (Fsp3) is 1.00. The standard InChI is InChI=1S/C12H22/c1-11(2,3)9-12-6-4-10(8-12)5-7-12/h10H,4-9H2,1-3H3/i4D2,5D2,6D2,7D2,8D2,9D2,10D. The van der Waals surface area contributed by atoms with Crippen LogP contribution in [0.25, 0.3) is 0 Å². The van der Waals surface area contributed by atoms with E-state index in [1.54, 1.807) is 0 Å². The fourth-order valence-electron chi connectivity index (χ4n) is 1.34. The molecule has 12 heavy (non-hydrogen) atoms. The van der Waals surface area contributed by atoms with Crippen molar-refractivity contribution in [3.05, 3.63) is 0 Å². The molecular weight excluding hydrogens is 144 g/mol. The summed E-state index contributed by atoms with van der Waals surface area (Å²) in [5, 5.41) is 0. The van der Waals surface area contributed by atoms with Gasteiger partial charge in [-0.1, -0.05) is 20.8 Å². The van der Waals surface area contributed by atoms with Crippen molar-refractivity contribution in [3.63, 3.8) is 0 Å². The van der Waals surface area contributed by atoms with Gasteiger partial charge >= 0.3 is 0 Å². The first-order chi connectivity index (χ1) is 10.5. The SMILES string of the molecule is [2H]C1([2H])C([2H])([2H])C2(C([2H])([2H])C(C)(C)C)C([2H])([2H])C([2H])([2H])C1([2H])C2([2H])[2H]. The summed E-state index contributed by atoms with van der Waals surface area (Å²) in [4.78, 5) is 0. The highest BCUT2D eigenvalue weighted by molar-refractivity contribution is 4.97. The molecule has 0 saturated heterocycles. The van der Waals surface area contributed by atoms with Crippen LogP contribution in [0.15, 0.2) is 0 Å². The lowest BCUT2D eigenvalue weighted by Crippen LogP contribution is -2.22. The minimum Gasteiger partial charge on any atom is -0.0602 e. The first-order valence-electron chi connectivity index (χ1n) is 10.5. The topological polar surface area (TPSA) is 0 Å². The van der Waals surface area contributed by atoms with Crippen molar-refractivity contribution in [2.24, 2.45) is 16.7 Å². The van der Waals surface area contributed by atoms with Gasteiger partial charge in [0, 0.05) is 17.8 Å². The maximum atomic E-state index is 8.49. The molecule has 0 heterocycles. The highest BCUT2D eigenvalue weighted by Crippen LogP contribution is 2.58. The zero-order valence-electron chi connectivity index (χ0n) is 20.5. The Morgan fingerprint density at radius 2 is 2.08 bits per heavy atom. The van der Waals surface area contributed by atoms with Crippen LogP contribution in [0.1, 0.15) is 76.8 Å². The largest absolute Gasteiger partial charge is 0.0602 e. The molecule has 2 aliphatic rings. The van der Waals surface area contributed by atoms with Crippen LogP contribution in [0, 0.1) is 16.7 Å². The van der Waals surface area contributed by atoms with Crippen LogP contribution in [0.3, 0.4) is 0 Å². The van der Waals surface area contributed by atoms with Gasteiger partial charge in [0.05, 0.1) is 0 Å². The van der Waals surface area contributed by atoms with Crippen molar-refractivity contribution in [1.29, 1.82) is 0 Å². The summed E-state index contributed by atoms with van der Waals surface area (Å²) in [5.74, 6) is -3.49. The van der Waals surface area contributed by atoms with E-state index in [0.29, 0.717) is 0 Å². The molecule has 2 rings (SSSR count). The third-order valence-corrected chi connectivity index (χ3v) is 1.62. The summed E-state index contributed by atoms with van der Waals surface area (Å²) in [6.07, 6.45) is -20.4. The van der Waals surface area contributed by atoms with Crippen LogP contribution in [0.2, 0.25) is 0 Å². The first kappa shape index (κ1) is 2.15. The Balaban J connectivity index is 3.18. The Hall–Kier alpha value is 0. The Labute approximate surface area is 95.0 Å². The van der Waals surface area contributed by atoms with E-state index in [0.717, 1.165) is 0 Å². The molecule has 0 aromatic carbocycles. The molecule has 0 aromatic heterocycles. The van der Waals surface area contributed by atoms with Crippen molar-refractivity contribution >= 4 is 0 Å². The predicted molar refractivity (Wildman–Crippen MR) is 53.1 cm³/mol. The minimum absolute atomic E-state index is 1.29. The molecule has 0 atom stereocenters. The summed E-state index contributed by atoms with van der Waals surface area (Å²) in [6, 6.07) is 0. The van der Waals surface area contributed by atoms with Crippen molar-refractivity contribution in [2.45, 2.75) is 59.0 Å². The summed E-state index contributed by atoms with van der Waals surface area (Å²) in [6.45, 7) is 3.87. The molecule has 0 nitrogen and oxygen atoms in total. The van der Waals surface area contributed by atoms with E-state index in [-0.39, 0.29) is 0 Å². The second-order valence-electron chi connectivity index (χ2n) is 4.12. The predicted octanol–water partition coefficient (Wildman–Crippen LogP) is 4.00. The van der Waals surface area contributed by atoms with Gasteiger partial charge in [-0.3, -0.25) is 0 Å². The van der Waals surface area contributed by atoms with E-state index in [1.807, 2.05) is 0 Å². The zero-order chi connectivity index (χ0) is 20.5. The van der Waals surface area contributed by atoms with Crippen LogP contribution in [-0.2, 0) is 0 Å². The zero-order valence-corrected chi connectivity index (χ0v) is 7.50. The molecule has 2 bridgehead atoms. The van der Waals surface area contributed by atoms with Gasteiger partial charge in [0.25, 0.3) is 0 Å². The fourth-order valence-corrected chi connectivity index (χ4v) is 1.34. The van der Waals surface area contributed by atoms with E-state index >= 15 is 0 Å². The van der Waals surface area contributed by atoms with Crippen LogP contribution >= 0.6 is 0 Å². The van der Waals surface area contributed by atoms with Gasteiger partial charge in [0.2, 0.25) is 0 Å². The molecule has 0 aromatic rings.